The van der Waals surface area contributed by atoms with Crippen molar-refractivity contribution in [3.8, 4) is 0 Å². The first-order chi connectivity index (χ1) is 7.72. The van der Waals surface area contributed by atoms with E-state index in [4.69, 9.17) is 0 Å². The normalized spacial score (nSPS) is 11.6. The molecule has 1 aromatic heterocycles. The Morgan fingerprint density at radius 2 is 2.19 bits per heavy atom. The lowest BCUT2D eigenvalue weighted by atomic mass is 10.2. The highest BCUT2D eigenvalue weighted by Gasteiger charge is 2.03. The molecule has 3 heteroatoms. The highest BCUT2D eigenvalue weighted by molar-refractivity contribution is 7.07. The maximum absolute atomic E-state index is 3.46. The van der Waals surface area contributed by atoms with Gasteiger partial charge in [0.05, 0.1) is 0 Å². The van der Waals surface area contributed by atoms with Crippen LogP contribution >= 0.6 is 11.3 Å². The van der Waals surface area contributed by atoms with Crippen molar-refractivity contribution in [1.82, 2.24) is 10.2 Å². The molecule has 1 aromatic rings. The van der Waals surface area contributed by atoms with Gasteiger partial charge in [0.25, 0.3) is 0 Å². The van der Waals surface area contributed by atoms with Crippen LogP contribution in [-0.2, 0) is 6.42 Å². The zero-order chi connectivity index (χ0) is 11.8. The summed E-state index contributed by atoms with van der Waals surface area (Å²) in [6, 6.07) is 2.82. The van der Waals surface area contributed by atoms with Crippen LogP contribution in [0.25, 0.3) is 0 Å². The summed E-state index contributed by atoms with van der Waals surface area (Å²) in [5.74, 6) is 0. The highest BCUT2D eigenvalue weighted by atomic mass is 32.1. The molecule has 16 heavy (non-hydrogen) atoms. The van der Waals surface area contributed by atoms with Crippen LogP contribution in [0.2, 0.25) is 0 Å². The highest BCUT2D eigenvalue weighted by Crippen LogP contribution is 2.07. The van der Waals surface area contributed by atoms with Crippen LogP contribution in [0.15, 0.2) is 16.8 Å². The maximum Gasteiger partial charge on any atom is 0.0107 e. The van der Waals surface area contributed by atoms with Crippen LogP contribution in [0.4, 0.5) is 0 Å². The molecule has 0 unspecified atom stereocenters. The molecule has 0 fully saturated rings. The molecular weight excluding hydrogens is 216 g/mol. The lowest BCUT2D eigenvalue weighted by molar-refractivity contribution is 0.287. The Bertz CT molecular complexity index is 257. The van der Waals surface area contributed by atoms with Crippen LogP contribution < -0.4 is 5.32 Å². The summed E-state index contributed by atoms with van der Waals surface area (Å²) in [5.41, 5.74) is 1.47. The smallest absolute Gasteiger partial charge is 0.0107 e. The summed E-state index contributed by atoms with van der Waals surface area (Å²) in [4.78, 5) is 2.51. The molecule has 0 saturated carbocycles. The summed E-state index contributed by atoms with van der Waals surface area (Å²) in [7, 11) is 0. The molecule has 1 heterocycles. The van der Waals surface area contributed by atoms with Gasteiger partial charge in [0.2, 0.25) is 0 Å². The van der Waals surface area contributed by atoms with Crippen molar-refractivity contribution in [2.45, 2.75) is 33.2 Å². The number of likely N-dealkylation sites (N-methyl/N-ethyl adjacent to an activating group) is 1. The van der Waals surface area contributed by atoms with E-state index >= 15 is 0 Å². The quantitative estimate of drug-likeness (QED) is 0.751. The Hall–Kier alpha value is -0.380. The lowest BCUT2D eigenvalue weighted by Crippen LogP contribution is -2.35. The molecule has 0 aromatic carbocycles. The molecule has 0 aliphatic carbocycles. The van der Waals surface area contributed by atoms with Crippen molar-refractivity contribution in [3.05, 3.63) is 22.4 Å². The largest absolute Gasteiger partial charge is 0.313 e. The topological polar surface area (TPSA) is 15.3 Å². The minimum absolute atomic E-state index is 0.593. The van der Waals surface area contributed by atoms with Crippen molar-refractivity contribution < 1.29 is 0 Å². The fourth-order valence-electron chi connectivity index (χ4n) is 1.66. The van der Waals surface area contributed by atoms with Crippen molar-refractivity contribution in [1.29, 1.82) is 0 Å². The second kappa shape index (κ2) is 7.82. The zero-order valence-electron chi connectivity index (χ0n) is 10.7. The minimum atomic E-state index is 0.593. The van der Waals surface area contributed by atoms with E-state index in [1.54, 1.807) is 11.3 Å². The van der Waals surface area contributed by atoms with Gasteiger partial charge in [-0.3, -0.25) is 0 Å². The van der Waals surface area contributed by atoms with E-state index < -0.39 is 0 Å². The molecule has 0 aliphatic heterocycles. The van der Waals surface area contributed by atoms with Crippen LogP contribution in [0, 0.1) is 0 Å². The van der Waals surface area contributed by atoms with Gasteiger partial charge >= 0.3 is 0 Å². The first kappa shape index (κ1) is 13.7. The predicted octanol–water partition coefficient (Wildman–Crippen LogP) is 2.61. The van der Waals surface area contributed by atoms with Crippen molar-refractivity contribution in [2.75, 3.05) is 26.2 Å². The fourth-order valence-corrected chi connectivity index (χ4v) is 2.36. The molecule has 2 nitrogen and oxygen atoms in total. The molecule has 1 rings (SSSR count). The average molecular weight is 240 g/mol. The Labute approximate surface area is 104 Å². The van der Waals surface area contributed by atoms with Gasteiger partial charge in [-0.25, -0.2) is 0 Å². The molecule has 0 radical (unpaired) electrons. The molecule has 0 aliphatic rings. The molecular formula is C13H24N2S. The van der Waals surface area contributed by atoms with Crippen LogP contribution in [0.1, 0.15) is 26.3 Å². The monoisotopic (exact) mass is 240 g/mol. The number of hydrogen-bond acceptors (Lipinski definition) is 3. The van der Waals surface area contributed by atoms with Crippen LogP contribution in [0.5, 0.6) is 0 Å². The second-order valence-electron chi connectivity index (χ2n) is 4.42. The van der Waals surface area contributed by atoms with E-state index in [9.17, 15) is 0 Å². The van der Waals surface area contributed by atoms with Gasteiger partial charge in [-0.05, 0) is 35.4 Å². The van der Waals surface area contributed by atoms with E-state index in [2.05, 4.69) is 47.8 Å². The average Bonchev–Trinajstić information content (AvgIpc) is 2.75. The Kier molecular flexibility index (Phi) is 6.69. The molecule has 0 atom stereocenters. The summed E-state index contributed by atoms with van der Waals surface area (Å²) in [6.45, 7) is 11.2. The first-order valence-corrected chi connectivity index (χ1v) is 7.13. The zero-order valence-corrected chi connectivity index (χ0v) is 11.5. The second-order valence-corrected chi connectivity index (χ2v) is 5.20. The van der Waals surface area contributed by atoms with E-state index in [-0.39, 0.29) is 0 Å². The van der Waals surface area contributed by atoms with Gasteiger partial charge in [-0.15, -0.1) is 0 Å². The Morgan fingerprint density at radius 1 is 1.38 bits per heavy atom. The number of rotatable bonds is 8. The lowest BCUT2D eigenvalue weighted by Gasteiger charge is -2.21. The summed E-state index contributed by atoms with van der Waals surface area (Å²) in [6.07, 6.45) is 1.18. The van der Waals surface area contributed by atoms with Gasteiger partial charge in [-0.2, -0.15) is 11.3 Å². The third kappa shape index (κ3) is 5.64. The number of hydrogen-bond donors (Lipinski definition) is 1. The number of nitrogens with one attached hydrogen (secondary N) is 1. The van der Waals surface area contributed by atoms with Gasteiger partial charge in [0, 0.05) is 25.7 Å². The molecule has 0 spiro atoms. The Balaban J connectivity index is 2.16. The summed E-state index contributed by atoms with van der Waals surface area (Å²) >= 11 is 1.79. The standard InChI is InChI=1S/C13H24N2S/c1-4-15(9-7-14-12(2)3)8-5-13-6-10-16-11-13/h6,10-12,14H,4-5,7-9H2,1-3H3. The first-order valence-electron chi connectivity index (χ1n) is 6.19. The van der Waals surface area contributed by atoms with Crippen LogP contribution in [0.3, 0.4) is 0 Å². The minimum Gasteiger partial charge on any atom is -0.313 e. The van der Waals surface area contributed by atoms with Crippen LogP contribution in [-0.4, -0.2) is 37.1 Å². The SMILES string of the molecule is CCN(CCNC(C)C)CCc1ccsc1. The summed E-state index contributed by atoms with van der Waals surface area (Å²) in [5, 5.41) is 7.87. The molecule has 0 saturated heterocycles. The predicted molar refractivity (Wildman–Crippen MR) is 73.3 cm³/mol. The van der Waals surface area contributed by atoms with Crippen molar-refractivity contribution >= 4 is 11.3 Å². The molecule has 0 amide bonds. The molecule has 1 N–H and O–H groups in total. The maximum atomic E-state index is 3.46. The fraction of sp³-hybridized carbons (Fsp3) is 0.692. The third-order valence-electron chi connectivity index (χ3n) is 2.72. The van der Waals surface area contributed by atoms with E-state index in [0.717, 1.165) is 19.6 Å². The molecule has 0 bridgehead atoms. The third-order valence-corrected chi connectivity index (χ3v) is 3.46. The number of nitrogens with zero attached hydrogens (tertiary/aromatic N) is 1. The van der Waals surface area contributed by atoms with E-state index in [0.29, 0.717) is 6.04 Å². The summed E-state index contributed by atoms with van der Waals surface area (Å²) < 4.78 is 0. The van der Waals surface area contributed by atoms with E-state index in [1.807, 2.05) is 0 Å². The van der Waals surface area contributed by atoms with Crippen molar-refractivity contribution in [3.63, 3.8) is 0 Å². The van der Waals surface area contributed by atoms with E-state index in [1.165, 1.54) is 18.5 Å². The van der Waals surface area contributed by atoms with Crippen molar-refractivity contribution in [2.24, 2.45) is 0 Å². The van der Waals surface area contributed by atoms with Gasteiger partial charge in [-0.1, -0.05) is 20.8 Å². The number of thiophene rings is 1. The molecule has 92 valence electrons. The van der Waals surface area contributed by atoms with Gasteiger partial charge in [0.1, 0.15) is 0 Å². The van der Waals surface area contributed by atoms with Gasteiger partial charge in [0.15, 0.2) is 0 Å². The van der Waals surface area contributed by atoms with Gasteiger partial charge < -0.3 is 10.2 Å². The Morgan fingerprint density at radius 3 is 2.75 bits per heavy atom.